The average molecular weight is 390 g/mol. The van der Waals surface area contributed by atoms with Gasteiger partial charge in [0.05, 0.1) is 59.5 Å². The molecule has 1 unspecified atom stereocenters. The summed E-state index contributed by atoms with van der Waals surface area (Å²) in [6.07, 6.45) is 0. The van der Waals surface area contributed by atoms with Crippen molar-refractivity contribution in [1.29, 1.82) is 0 Å². The van der Waals surface area contributed by atoms with E-state index in [0.717, 1.165) is 16.5 Å². The molecule has 1 fully saturated rings. The lowest BCUT2D eigenvalue weighted by Gasteiger charge is -2.30. The van der Waals surface area contributed by atoms with Gasteiger partial charge in [-0.25, -0.2) is 0 Å². The molecule has 0 N–H and O–H groups in total. The third kappa shape index (κ3) is 6.72. The standard InChI is InChI=1S/C22H30O6/c1-22(18-27-21-8-4-6-19-5-2-3-7-20(19)21)17-26-14-13-24-10-9-23-11-12-25-15-16-28-22/h2-8H,9-18H2,1H3. The van der Waals surface area contributed by atoms with Gasteiger partial charge >= 0.3 is 0 Å². The lowest BCUT2D eigenvalue weighted by atomic mass is 10.1. The molecule has 28 heavy (non-hydrogen) atoms. The van der Waals surface area contributed by atoms with Crippen molar-refractivity contribution in [1.82, 2.24) is 0 Å². The van der Waals surface area contributed by atoms with E-state index in [9.17, 15) is 0 Å². The van der Waals surface area contributed by atoms with Crippen LogP contribution in [0.25, 0.3) is 10.8 Å². The summed E-state index contributed by atoms with van der Waals surface area (Å²) < 4.78 is 34.5. The molecular weight excluding hydrogens is 360 g/mol. The van der Waals surface area contributed by atoms with Crippen LogP contribution < -0.4 is 4.74 Å². The third-order valence-electron chi connectivity index (χ3n) is 4.48. The highest BCUT2D eigenvalue weighted by molar-refractivity contribution is 5.88. The summed E-state index contributed by atoms with van der Waals surface area (Å²) in [4.78, 5) is 0. The van der Waals surface area contributed by atoms with Crippen LogP contribution in [0.3, 0.4) is 0 Å². The fraction of sp³-hybridized carbons (Fsp3) is 0.545. The Kier molecular flexibility index (Phi) is 8.51. The highest BCUT2D eigenvalue weighted by Gasteiger charge is 2.27. The Morgan fingerprint density at radius 1 is 0.750 bits per heavy atom. The van der Waals surface area contributed by atoms with E-state index in [0.29, 0.717) is 66.1 Å². The molecular formula is C22H30O6. The van der Waals surface area contributed by atoms with Crippen LogP contribution in [0.15, 0.2) is 42.5 Å². The molecule has 1 aliphatic rings. The van der Waals surface area contributed by atoms with Crippen LogP contribution in [0.4, 0.5) is 0 Å². The molecule has 0 amide bonds. The molecule has 0 radical (unpaired) electrons. The second kappa shape index (κ2) is 11.3. The lowest BCUT2D eigenvalue weighted by Crippen LogP contribution is -2.42. The molecule has 2 aromatic carbocycles. The largest absolute Gasteiger partial charge is 0.490 e. The maximum atomic E-state index is 6.15. The van der Waals surface area contributed by atoms with Crippen LogP contribution in [-0.2, 0) is 23.7 Å². The van der Waals surface area contributed by atoms with Gasteiger partial charge in [-0.1, -0.05) is 36.4 Å². The van der Waals surface area contributed by atoms with E-state index in [-0.39, 0.29) is 0 Å². The van der Waals surface area contributed by atoms with Gasteiger partial charge in [-0.2, -0.15) is 0 Å². The highest BCUT2D eigenvalue weighted by Crippen LogP contribution is 2.26. The number of ether oxygens (including phenoxy) is 6. The Morgan fingerprint density at radius 3 is 2.11 bits per heavy atom. The summed E-state index contributed by atoms with van der Waals surface area (Å²) in [5.74, 6) is 0.843. The summed E-state index contributed by atoms with van der Waals surface area (Å²) in [6, 6.07) is 14.2. The number of benzene rings is 2. The fourth-order valence-electron chi connectivity index (χ4n) is 2.97. The monoisotopic (exact) mass is 390 g/mol. The summed E-state index contributed by atoms with van der Waals surface area (Å²) >= 11 is 0. The van der Waals surface area contributed by atoms with E-state index in [1.54, 1.807) is 0 Å². The van der Waals surface area contributed by atoms with Crippen LogP contribution in [0.1, 0.15) is 6.92 Å². The summed E-state index contributed by atoms with van der Waals surface area (Å²) in [5, 5.41) is 2.24. The van der Waals surface area contributed by atoms with Gasteiger partial charge in [0.25, 0.3) is 0 Å². The Balaban J connectivity index is 1.60. The predicted octanol–water partition coefficient (Wildman–Crippen LogP) is 3.07. The van der Waals surface area contributed by atoms with Crippen molar-refractivity contribution in [2.45, 2.75) is 12.5 Å². The van der Waals surface area contributed by atoms with Crippen molar-refractivity contribution >= 4 is 10.8 Å². The van der Waals surface area contributed by atoms with E-state index in [1.165, 1.54) is 0 Å². The maximum Gasteiger partial charge on any atom is 0.127 e. The first-order chi connectivity index (χ1) is 13.8. The van der Waals surface area contributed by atoms with Gasteiger partial charge in [-0.3, -0.25) is 0 Å². The lowest BCUT2D eigenvalue weighted by molar-refractivity contribution is -0.121. The quantitative estimate of drug-likeness (QED) is 0.803. The van der Waals surface area contributed by atoms with Crippen molar-refractivity contribution in [2.75, 3.05) is 66.1 Å². The van der Waals surface area contributed by atoms with E-state index in [2.05, 4.69) is 18.2 Å². The number of hydrogen-bond acceptors (Lipinski definition) is 6. The van der Waals surface area contributed by atoms with Crippen LogP contribution in [0.5, 0.6) is 5.75 Å². The van der Waals surface area contributed by atoms with Crippen molar-refractivity contribution < 1.29 is 28.4 Å². The molecule has 0 spiro atoms. The van der Waals surface area contributed by atoms with Crippen molar-refractivity contribution in [3.05, 3.63) is 42.5 Å². The van der Waals surface area contributed by atoms with E-state index in [1.807, 2.05) is 31.2 Å². The molecule has 0 aromatic heterocycles. The molecule has 0 bridgehead atoms. The first kappa shape index (κ1) is 21.0. The van der Waals surface area contributed by atoms with E-state index >= 15 is 0 Å². The first-order valence-electron chi connectivity index (χ1n) is 9.82. The van der Waals surface area contributed by atoms with Gasteiger partial charge in [0.1, 0.15) is 18.0 Å². The molecule has 1 saturated heterocycles. The van der Waals surface area contributed by atoms with Crippen molar-refractivity contribution in [2.24, 2.45) is 0 Å². The first-order valence-corrected chi connectivity index (χ1v) is 9.82. The zero-order chi connectivity index (χ0) is 19.5. The van der Waals surface area contributed by atoms with Gasteiger partial charge < -0.3 is 28.4 Å². The highest BCUT2D eigenvalue weighted by atomic mass is 16.6. The fourth-order valence-corrected chi connectivity index (χ4v) is 2.97. The average Bonchev–Trinajstić information content (AvgIpc) is 2.73. The molecule has 6 heteroatoms. The third-order valence-corrected chi connectivity index (χ3v) is 4.48. The molecule has 6 nitrogen and oxygen atoms in total. The zero-order valence-electron chi connectivity index (χ0n) is 16.6. The second-order valence-corrected chi connectivity index (χ2v) is 6.95. The van der Waals surface area contributed by atoms with Gasteiger partial charge in [-0.15, -0.1) is 0 Å². The number of hydrogen-bond donors (Lipinski definition) is 0. The van der Waals surface area contributed by atoms with Gasteiger partial charge in [0.15, 0.2) is 0 Å². The molecule has 0 saturated carbocycles. The Morgan fingerprint density at radius 2 is 1.36 bits per heavy atom. The van der Waals surface area contributed by atoms with Crippen molar-refractivity contribution in [3.8, 4) is 5.75 Å². The van der Waals surface area contributed by atoms with Gasteiger partial charge in [0.2, 0.25) is 0 Å². The molecule has 1 atom stereocenters. The van der Waals surface area contributed by atoms with Gasteiger partial charge in [-0.05, 0) is 18.4 Å². The molecule has 1 heterocycles. The molecule has 154 valence electrons. The zero-order valence-corrected chi connectivity index (χ0v) is 16.6. The topological polar surface area (TPSA) is 55.4 Å². The maximum absolute atomic E-state index is 6.15. The Labute approximate surface area is 166 Å². The van der Waals surface area contributed by atoms with E-state index < -0.39 is 5.60 Å². The predicted molar refractivity (Wildman–Crippen MR) is 107 cm³/mol. The van der Waals surface area contributed by atoms with E-state index in [4.69, 9.17) is 28.4 Å². The molecule has 1 aliphatic heterocycles. The molecule has 0 aliphatic carbocycles. The number of fused-ring (bicyclic) bond motifs is 1. The van der Waals surface area contributed by atoms with Crippen LogP contribution in [0, 0.1) is 0 Å². The minimum Gasteiger partial charge on any atom is -0.490 e. The summed E-state index contributed by atoms with van der Waals surface area (Å²) in [6.45, 7) is 7.02. The minimum atomic E-state index is -0.586. The Hall–Kier alpha value is -1.70. The molecule has 2 aromatic rings. The van der Waals surface area contributed by atoms with Crippen LogP contribution in [0.2, 0.25) is 0 Å². The second-order valence-electron chi connectivity index (χ2n) is 6.95. The summed E-state index contributed by atoms with van der Waals surface area (Å²) in [5.41, 5.74) is -0.586. The summed E-state index contributed by atoms with van der Waals surface area (Å²) in [7, 11) is 0. The Bertz CT molecular complexity index is 683. The van der Waals surface area contributed by atoms with Crippen LogP contribution in [-0.4, -0.2) is 71.7 Å². The number of rotatable bonds is 3. The minimum absolute atomic E-state index is 0.380. The van der Waals surface area contributed by atoms with Crippen molar-refractivity contribution in [3.63, 3.8) is 0 Å². The van der Waals surface area contributed by atoms with Crippen LogP contribution >= 0.6 is 0 Å². The SMILES string of the molecule is CC1(COc2cccc3ccccc23)COCCOCCOCCOCCO1. The smallest absolute Gasteiger partial charge is 0.127 e. The van der Waals surface area contributed by atoms with Gasteiger partial charge in [0, 0.05) is 5.39 Å². The molecule has 3 rings (SSSR count). The normalized spacial score (nSPS) is 23.6.